The quantitative estimate of drug-likeness (QED) is 0.244. The molecule has 0 aliphatic carbocycles. The number of benzene rings is 2. The molecule has 216 valence electrons. The third kappa shape index (κ3) is 6.94. The highest BCUT2D eigenvalue weighted by atomic mass is 16.4. The average Bonchev–Trinajstić information content (AvgIpc) is 3.74. The number of carboxylic acid groups (broad SMARTS) is 1. The summed E-state index contributed by atoms with van der Waals surface area (Å²) in [5, 5.41) is 19.8. The van der Waals surface area contributed by atoms with Crippen LogP contribution in [-0.2, 0) is 32.0 Å². The number of aliphatic carboxylic acids is 1. The monoisotopic (exact) mass is 559 g/mol. The molecule has 5 N–H and O–H groups in total. The van der Waals surface area contributed by atoms with Gasteiger partial charge in [-0.2, -0.15) is 0 Å². The number of para-hydroxylation sites is 1. The van der Waals surface area contributed by atoms with Crippen molar-refractivity contribution < 1.29 is 24.3 Å². The molecule has 1 aromatic heterocycles. The first-order valence-electron chi connectivity index (χ1n) is 14.3. The van der Waals surface area contributed by atoms with Crippen molar-refractivity contribution in [3.63, 3.8) is 0 Å². The van der Waals surface area contributed by atoms with E-state index in [4.69, 9.17) is 0 Å². The van der Waals surface area contributed by atoms with Gasteiger partial charge < -0.3 is 30.9 Å². The van der Waals surface area contributed by atoms with Crippen LogP contribution in [0.2, 0.25) is 0 Å². The van der Waals surface area contributed by atoms with Crippen LogP contribution < -0.4 is 16.0 Å². The first-order chi connectivity index (χ1) is 19.9. The number of hydrogen-bond acceptors (Lipinski definition) is 5. The van der Waals surface area contributed by atoms with Crippen molar-refractivity contribution in [2.75, 3.05) is 13.1 Å². The number of carbonyl (C=O) groups is 4. The number of aromatic amines is 1. The third-order valence-electron chi connectivity index (χ3n) is 8.03. The molecule has 0 unspecified atom stereocenters. The Hall–Kier alpha value is -4.18. The van der Waals surface area contributed by atoms with E-state index in [0.717, 1.165) is 41.4 Å². The molecule has 3 heterocycles. The number of hydrogen-bond donors (Lipinski definition) is 5. The zero-order valence-electron chi connectivity index (χ0n) is 23.0. The van der Waals surface area contributed by atoms with Crippen molar-refractivity contribution in [2.24, 2.45) is 0 Å². The SMILES string of the molecule is O=C(C[C@H](Cc1ccccc1)NC(=O)[C@@H]1CCCN1)N[C@@H](Cc1c[nH]c2ccccc12)C(=O)N1CCC[C@H]1C(=O)O. The minimum Gasteiger partial charge on any atom is -0.480 e. The van der Waals surface area contributed by atoms with Gasteiger partial charge in [-0.3, -0.25) is 14.4 Å². The summed E-state index contributed by atoms with van der Waals surface area (Å²) in [4.78, 5) is 56.6. The maximum atomic E-state index is 13.7. The van der Waals surface area contributed by atoms with E-state index in [-0.39, 0.29) is 30.7 Å². The average molecular weight is 560 g/mol. The van der Waals surface area contributed by atoms with E-state index in [2.05, 4.69) is 20.9 Å². The fraction of sp³-hybridized carbons (Fsp3) is 0.419. The first-order valence-corrected chi connectivity index (χ1v) is 14.3. The standard InChI is InChI=1S/C31H37N5O5/c37-28(18-22(16-20-8-2-1-3-9-20)34-29(38)25-12-6-14-32-25)35-26(30(39)36-15-7-13-27(36)31(40)41)17-21-19-33-24-11-5-4-10-23(21)24/h1-5,8-11,19,22,25-27,32-33H,6-7,12-18H2,(H,34,38)(H,35,37)(H,40,41)/t22-,25-,26-,27-/m0/s1. The van der Waals surface area contributed by atoms with Crippen LogP contribution in [0.15, 0.2) is 60.8 Å². The molecule has 3 aromatic rings. The molecule has 3 amide bonds. The van der Waals surface area contributed by atoms with Gasteiger partial charge in [0.1, 0.15) is 12.1 Å². The number of nitrogens with zero attached hydrogens (tertiary/aromatic N) is 1. The lowest BCUT2D eigenvalue weighted by Gasteiger charge is -2.28. The van der Waals surface area contributed by atoms with Crippen molar-refractivity contribution in [3.05, 3.63) is 71.9 Å². The maximum absolute atomic E-state index is 13.7. The van der Waals surface area contributed by atoms with Crippen molar-refractivity contribution in [3.8, 4) is 0 Å². The zero-order chi connectivity index (χ0) is 28.8. The van der Waals surface area contributed by atoms with Crippen molar-refractivity contribution in [1.82, 2.24) is 25.8 Å². The molecule has 0 saturated carbocycles. The molecule has 0 radical (unpaired) electrons. The van der Waals surface area contributed by atoms with Gasteiger partial charge in [0, 0.05) is 42.5 Å². The Morgan fingerprint density at radius 1 is 0.951 bits per heavy atom. The molecule has 2 aliphatic heterocycles. The number of H-pyrrole nitrogens is 1. The van der Waals surface area contributed by atoms with E-state index in [1.165, 1.54) is 4.90 Å². The Bertz CT molecular complexity index is 1380. The minimum atomic E-state index is -1.04. The van der Waals surface area contributed by atoms with Gasteiger partial charge in [0.25, 0.3) is 0 Å². The van der Waals surface area contributed by atoms with Gasteiger partial charge in [0.2, 0.25) is 17.7 Å². The predicted molar refractivity (Wildman–Crippen MR) is 154 cm³/mol. The second-order valence-electron chi connectivity index (χ2n) is 11.0. The number of likely N-dealkylation sites (tertiary alicyclic amines) is 1. The van der Waals surface area contributed by atoms with Crippen LogP contribution in [0.1, 0.15) is 43.2 Å². The summed E-state index contributed by atoms with van der Waals surface area (Å²) in [5.74, 6) is -1.97. The zero-order valence-corrected chi connectivity index (χ0v) is 23.0. The molecule has 2 saturated heterocycles. The topological polar surface area (TPSA) is 144 Å². The Labute approximate surface area is 238 Å². The molecule has 0 bridgehead atoms. The highest BCUT2D eigenvalue weighted by molar-refractivity contribution is 5.92. The lowest BCUT2D eigenvalue weighted by Crippen LogP contribution is -2.54. The predicted octanol–water partition coefficient (Wildman–Crippen LogP) is 2.14. The van der Waals surface area contributed by atoms with E-state index in [1.54, 1.807) is 0 Å². The number of amides is 3. The largest absolute Gasteiger partial charge is 0.480 e. The molecule has 10 heteroatoms. The Morgan fingerprint density at radius 3 is 2.49 bits per heavy atom. The van der Waals surface area contributed by atoms with E-state index >= 15 is 0 Å². The van der Waals surface area contributed by atoms with Crippen molar-refractivity contribution in [1.29, 1.82) is 0 Å². The second kappa shape index (κ2) is 13.0. The summed E-state index contributed by atoms with van der Waals surface area (Å²) in [7, 11) is 0. The molecule has 2 aliphatic rings. The molecule has 2 aromatic carbocycles. The third-order valence-corrected chi connectivity index (χ3v) is 8.03. The smallest absolute Gasteiger partial charge is 0.326 e. The normalized spacial score (nSPS) is 20.0. The van der Waals surface area contributed by atoms with E-state index < -0.39 is 30.0 Å². The fourth-order valence-electron chi connectivity index (χ4n) is 5.97. The minimum absolute atomic E-state index is 0.0205. The van der Waals surface area contributed by atoms with Crippen LogP contribution >= 0.6 is 0 Å². The van der Waals surface area contributed by atoms with Gasteiger partial charge in [-0.25, -0.2) is 4.79 Å². The second-order valence-corrected chi connectivity index (χ2v) is 11.0. The van der Waals surface area contributed by atoms with Crippen LogP contribution in [-0.4, -0.2) is 75.9 Å². The number of nitrogens with one attached hydrogen (secondary N) is 4. The summed E-state index contributed by atoms with van der Waals surface area (Å²) < 4.78 is 0. The summed E-state index contributed by atoms with van der Waals surface area (Å²) >= 11 is 0. The van der Waals surface area contributed by atoms with Gasteiger partial charge in [-0.1, -0.05) is 48.5 Å². The Balaban J connectivity index is 1.34. The maximum Gasteiger partial charge on any atom is 0.326 e. The van der Waals surface area contributed by atoms with Crippen LogP contribution in [0.5, 0.6) is 0 Å². The first kappa shape index (κ1) is 28.4. The summed E-state index contributed by atoms with van der Waals surface area (Å²) in [5.41, 5.74) is 2.75. The molecule has 2 fully saturated rings. The summed E-state index contributed by atoms with van der Waals surface area (Å²) in [6.07, 6.45) is 5.12. The van der Waals surface area contributed by atoms with Crippen LogP contribution in [0.3, 0.4) is 0 Å². The van der Waals surface area contributed by atoms with Crippen molar-refractivity contribution >= 4 is 34.6 Å². The molecule has 5 rings (SSSR count). The van der Waals surface area contributed by atoms with Gasteiger partial charge in [-0.05, 0) is 55.8 Å². The molecule has 0 spiro atoms. The number of fused-ring (bicyclic) bond motifs is 1. The van der Waals surface area contributed by atoms with Crippen LogP contribution in [0.4, 0.5) is 0 Å². The lowest BCUT2D eigenvalue weighted by atomic mass is 10.0. The Kier molecular flexibility index (Phi) is 8.98. The van der Waals surface area contributed by atoms with E-state index in [9.17, 15) is 24.3 Å². The van der Waals surface area contributed by atoms with Crippen LogP contribution in [0.25, 0.3) is 10.9 Å². The number of carbonyl (C=O) groups excluding carboxylic acids is 3. The molecular weight excluding hydrogens is 522 g/mol. The molecule has 10 nitrogen and oxygen atoms in total. The van der Waals surface area contributed by atoms with Gasteiger partial charge in [-0.15, -0.1) is 0 Å². The molecule has 41 heavy (non-hydrogen) atoms. The van der Waals surface area contributed by atoms with Crippen LogP contribution in [0, 0.1) is 0 Å². The van der Waals surface area contributed by atoms with E-state index in [1.807, 2.05) is 60.8 Å². The molecular formula is C31H37N5O5. The number of aromatic nitrogens is 1. The summed E-state index contributed by atoms with van der Waals surface area (Å²) in [6.45, 7) is 1.12. The highest BCUT2D eigenvalue weighted by Gasteiger charge is 2.38. The summed E-state index contributed by atoms with van der Waals surface area (Å²) in [6, 6.07) is 14.7. The lowest BCUT2D eigenvalue weighted by molar-refractivity contribution is -0.149. The number of carboxylic acids is 1. The van der Waals surface area contributed by atoms with Crippen molar-refractivity contribution in [2.45, 2.75) is 69.1 Å². The molecule has 4 atom stereocenters. The van der Waals surface area contributed by atoms with Gasteiger partial charge in [0.05, 0.1) is 6.04 Å². The fourth-order valence-corrected chi connectivity index (χ4v) is 5.97. The van der Waals surface area contributed by atoms with Gasteiger partial charge in [0.15, 0.2) is 0 Å². The van der Waals surface area contributed by atoms with Gasteiger partial charge >= 0.3 is 5.97 Å². The Morgan fingerprint density at radius 2 is 1.73 bits per heavy atom. The highest BCUT2D eigenvalue weighted by Crippen LogP contribution is 2.23. The number of rotatable bonds is 11. The van der Waals surface area contributed by atoms with E-state index in [0.29, 0.717) is 25.8 Å².